The first-order chi connectivity index (χ1) is 20.9. The van der Waals surface area contributed by atoms with Crippen LogP contribution >= 0.6 is 0 Å². The van der Waals surface area contributed by atoms with Gasteiger partial charge in [0.05, 0.1) is 12.3 Å². The fourth-order valence-electron chi connectivity index (χ4n) is 5.69. The lowest BCUT2D eigenvalue weighted by atomic mass is 9.96. The summed E-state index contributed by atoms with van der Waals surface area (Å²) in [4.78, 5) is 36.9. The van der Waals surface area contributed by atoms with Gasteiger partial charge in [0.2, 0.25) is 0 Å². The second-order valence-corrected chi connectivity index (χ2v) is 11.3. The number of aryl methyl sites for hydroxylation is 2. The second kappa shape index (κ2) is 12.8. The fourth-order valence-corrected chi connectivity index (χ4v) is 5.69. The van der Waals surface area contributed by atoms with E-state index in [1.807, 2.05) is 37.3 Å². The van der Waals surface area contributed by atoms with Gasteiger partial charge in [0.15, 0.2) is 23.3 Å². The molecule has 0 N–H and O–H groups in total. The van der Waals surface area contributed by atoms with Crippen molar-refractivity contribution < 1.29 is 18.6 Å². The topological polar surface area (TPSA) is 102 Å². The van der Waals surface area contributed by atoms with E-state index in [0.29, 0.717) is 49.8 Å². The Bertz CT molecular complexity index is 1700. The third-order valence-corrected chi connectivity index (χ3v) is 8.29. The van der Waals surface area contributed by atoms with Crippen molar-refractivity contribution in [2.24, 2.45) is 0 Å². The lowest BCUT2D eigenvalue weighted by molar-refractivity contribution is -0.163. The smallest absolute Gasteiger partial charge is 0.332 e. The van der Waals surface area contributed by atoms with Crippen LogP contribution in [0, 0.1) is 12.7 Å². The van der Waals surface area contributed by atoms with Crippen LogP contribution in [-0.2, 0) is 29.1 Å². The molecule has 10 nitrogen and oxygen atoms in total. The molecule has 43 heavy (non-hydrogen) atoms. The van der Waals surface area contributed by atoms with Gasteiger partial charge in [-0.25, -0.2) is 19.2 Å². The van der Waals surface area contributed by atoms with E-state index in [9.17, 15) is 9.59 Å². The Balaban J connectivity index is 1.42. The van der Waals surface area contributed by atoms with Gasteiger partial charge >= 0.3 is 5.69 Å². The van der Waals surface area contributed by atoms with Crippen LogP contribution in [0.2, 0.25) is 0 Å². The van der Waals surface area contributed by atoms with E-state index in [0.717, 1.165) is 44.1 Å². The minimum absolute atomic E-state index is 0.0204. The van der Waals surface area contributed by atoms with Gasteiger partial charge in [0, 0.05) is 31.8 Å². The molecule has 6 rings (SSSR count). The van der Waals surface area contributed by atoms with E-state index in [-0.39, 0.29) is 36.0 Å². The van der Waals surface area contributed by atoms with Crippen LogP contribution < -0.4 is 16.0 Å². The number of rotatable bonds is 11. The number of hydrogen-bond acceptors (Lipinski definition) is 7. The Labute approximate surface area is 249 Å². The van der Waals surface area contributed by atoms with E-state index in [1.165, 1.54) is 15.2 Å². The average molecular weight is 592 g/mol. The van der Waals surface area contributed by atoms with E-state index < -0.39 is 17.1 Å². The van der Waals surface area contributed by atoms with Crippen LogP contribution in [0.3, 0.4) is 0 Å². The lowest BCUT2D eigenvalue weighted by Crippen LogP contribution is -2.40. The molecule has 4 aromatic rings. The van der Waals surface area contributed by atoms with Gasteiger partial charge < -0.3 is 18.8 Å². The predicted molar refractivity (Wildman–Crippen MR) is 160 cm³/mol. The molecule has 1 atom stereocenters. The summed E-state index contributed by atoms with van der Waals surface area (Å²) in [5, 5.41) is 0. The minimum Gasteiger partial charge on any atom is -0.472 e. The molecule has 0 spiro atoms. The van der Waals surface area contributed by atoms with E-state index in [1.54, 1.807) is 11.5 Å². The first-order valence-corrected chi connectivity index (χ1v) is 15.3. The first kappa shape index (κ1) is 29.3. The molecule has 4 heterocycles. The summed E-state index contributed by atoms with van der Waals surface area (Å²) in [5.74, 6) is -0.240. The van der Waals surface area contributed by atoms with Crippen molar-refractivity contribution in [2.75, 3.05) is 13.2 Å². The number of halogens is 1. The maximum absolute atomic E-state index is 15.3. The van der Waals surface area contributed by atoms with Gasteiger partial charge in [0.1, 0.15) is 11.9 Å². The Morgan fingerprint density at radius 2 is 1.84 bits per heavy atom. The molecule has 3 aromatic heterocycles. The quantitative estimate of drug-likeness (QED) is 0.231. The third-order valence-electron chi connectivity index (χ3n) is 8.29. The van der Waals surface area contributed by atoms with Gasteiger partial charge in [-0.3, -0.25) is 13.9 Å². The standard InChI is InChI=1S/C32H38FN5O5/c1-3-36-29-27(31(39)37(32(36)40)16-10-18-42-26-15-7-8-17-41-26)38(20-22-11-5-4-6-12-22)28(35-29)24-19-25(33)30(34-21(24)2)43-23-13-9-14-23/h4-6,11-12,19,23,26H,3,7-10,13-18,20H2,1-2H3. The molecule has 0 amide bonds. The summed E-state index contributed by atoms with van der Waals surface area (Å²) in [5.41, 5.74) is 1.56. The monoisotopic (exact) mass is 591 g/mol. The maximum Gasteiger partial charge on any atom is 0.332 e. The number of nitrogens with zero attached hydrogens (tertiary/aromatic N) is 5. The molecule has 1 aromatic carbocycles. The van der Waals surface area contributed by atoms with Crippen molar-refractivity contribution in [3.63, 3.8) is 0 Å². The number of benzene rings is 1. The maximum atomic E-state index is 15.3. The molecule has 1 saturated carbocycles. The van der Waals surface area contributed by atoms with Gasteiger partial charge in [0.25, 0.3) is 11.4 Å². The van der Waals surface area contributed by atoms with Crippen molar-refractivity contribution in [1.82, 2.24) is 23.7 Å². The van der Waals surface area contributed by atoms with Crippen LogP contribution in [0.1, 0.15) is 63.1 Å². The molecule has 1 aliphatic heterocycles. The molecule has 1 saturated heterocycles. The molecule has 11 heteroatoms. The number of ether oxygens (including phenoxy) is 3. The molecule has 228 valence electrons. The number of pyridine rings is 1. The third kappa shape index (κ3) is 6.01. The largest absolute Gasteiger partial charge is 0.472 e. The minimum atomic E-state index is -0.585. The zero-order chi connectivity index (χ0) is 29.9. The summed E-state index contributed by atoms with van der Waals surface area (Å²) in [6.45, 7) is 5.47. The Morgan fingerprint density at radius 3 is 2.53 bits per heavy atom. The molecule has 1 unspecified atom stereocenters. The summed E-state index contributed by atoms with van der Waals surface area (Å²) >= 11 is 0. The SMILES string of the molecule is CCn1c(=O)n(CCCOC2CCCCO2)c(=O)c2c1nc(-c1cc(F)c(OC3CCC3)nc1C)n2Cc1ccccc1. The lowest BCUT2D eigenvalue weighted by Gasteiger charge is -2.26. The summed E-state index contributed by atoms with van der Waals surface area (Å²) in [7, 11) is 0. The first-order valence-electron chi connectivity index (χ1n) is 15.3. The highest BCUT2D eigenvalue weighted by molar-refractivity contribution is 5.78. The van der Waals surface area contributed by atoms with Gasteiger partial charge in [-0.1, -0.05) is 30.3 Å². The fraction of sp³-hybridized carbons (Fsp3) is 0.500. The zero-order valence-corrected chi connectivity index (χ0v) is 24.8. The zero-order valence-electron chi connectivity index (χ0n) is 24.8. The normalized spacial score (nSPS) is 17.3. The van der Waals surface area contributed by atoms with Gasteiger partial charge in [-0.2, -0.15) is 0 Å². The average Bonchev–Trinajstić information content (AvgIpc) is 3.35. The molecule has 0 radical (unpaired) electrons. The highest BCUT2D eigenvalue weighted by Gasteiger charge is 2.26. The van der Waals surface area contributed by atoms with Crippen molar-refractivity contribution in [3.8, 4) is 17.3 Å². The number of aromatic nitrogens is 5. The molecule has 0 bridgehead atoms. The molecule has 2 fully saturated rings. The Hall–Kier alpha value is -3.83. The van der Waals surface area contributed by atoms with Crippen molar-refractivity contribution >= 4 is 11.2 Å². The second-order valence-electron chi connectivity index (χ2n) is 11.3. The van der Waals surface area contributed by atoms with Crippen molar-refractivity contribution in [2.45, 2.75) is 90.8 Å². The van der Waals surface area contributed by atoms with Crippen molar-refractivity contribution in [1.29, 1.82) is 0 Å². The summed E-state index contributed by atoms with van der Waals surface area (Å²) in [6, 6.07) is 11.0. The molecule has 2 aliphatic rings. The Morgan fingerprint density at radius 1 is 1.02 bits per heavy atom. The van der Waals surface area contributed by atoms with Crippen LogP contribution in [0.4, 0.5) is 4.39 Å². The van der Waals surface area contributed by atoms with Crippen LogP contribution in [-0.4, -0.2) is 49.3 Å². The van der Waals surface area contributed by atoms with E-state index in [4.69, 9.17) is 19.2 Å². The number of hydrogen-bond donors (Lipinski definition) is 0. The number of fused-ring (bicyclic) bond motifs is 1. The van der Waals surface area contributed by atoms with Crippen molar-refractivity contribution in [3.05, 3.63) is 74.3 Å². The summed E-state index contributed by atoms with van der Waals surface area (Å²) < 4.78 is 37.1. The summed E-state index contributed by atoms with van der Waals surface area (Å²) in [6.07, 6.45) is 5.98. The highest BCUT2D eigenvalue weighted by atomic mass is 19.1. The predicted octanol–water partition coefficient (Wildman–Crippen LogP) is 4.80. The molecular formula is C32H38FN5O5. The molecular weight excluding hydrogens is 553 g/mol. The van der Waals surface area contributed by atoms with E-state index in [2.05, 4.69) is 4.98 Å². The Kier molecular flexibility index (Phi) is 8.71. The van der Waals surface area contributed by atoms with Crippen LogP contribution in [0.25, 0.3) is 22.6 Å². The van der Waals surface area contributed by atoms with Gasteiger partial charge in [-0.05, 0) is 70.4 Å². The molecule has 1 aliphatic carbocycles. The van der Waals surface area contributed by atoms with E-state index >= 15 is 4.39 Å². The highest BCUT2D eigenvalue weighted by Crippen LogP contribution is 2.31. The van der Waals surface area contributed by atoms with Gasteiger partial charge in [-0.15, -0.1) is 0 Å². The number of imidazole rings is 1. The van der Waals surface area contributed by atoms with Crippen LogP contribution in [0.5, 0.6) is 5.88 Å². The van der Waals surface area contributed by atoms with Crippen LogP contribution in [0.15, 0.2) is 46.0 Å².